The van der Waals surface area contributed by atoms with E-state index in [0.717, 1.165) is 12.8 Å². The van der Waals surface area contributed by atoms with Crippen molar-refractivity contribution in [3.63, 3.8) is 0 Å². The van der Waals surface area contributed by atoms with E-state index < -0.39 is 0 Å². The molecule has 0 bridgehead atoms. The molecule has 1 rings (SSSR count). The Labute approximate surface area is 140 Å². The second-order valence-electron chi connectivity index (χ2n) is 6.09. The van der Waals surface area contributed by atoms with E-state index in [0.29, 0.717) is 12.2 Å². The maximum atomic E-state index is 11.6. The molecule has 1 aromatic heterocycles. The number of hydrogen-bond acceptors (Lipinski definition) is 3. The van der Waals surface area contributed by atoms with Gasteiger partial charge < -0.3 is 4.42 Å². The minimum Gasteiger partial charge on any atom is -0.463 e. The Morgan fingerprint density at radius 2 is 1.65 bits per heavy atom. The molecule has 0 saturated carbocycles. The molecule has 0 aliphatic heterocycles. The predicted octanol–water partition coefficient (Wildman–Crippen LogP) is 5.43. The quantitative estimate of drug-likeness (QED) is 0.282. The summed E-state index contributed by atoms with van der Waals surface area (Å²) >= 11 is 0. The smallest absolute Gasteiger partial charge is 0.240 e. The first kappa shape index (κ1) is 19.5. The van der Waals surface area contributed by atoms with E-state index in [1.807, 2.05) is 0 Å². The zero-order chi connectivity index (χ0) is 16.6. The molecular formula is C19H32N2O2. The molecule has 0 atom stereocenters. The van der Waals surface area contributed by atoms with Crippen LogP contribution in [0, 0.1) is 0 Å². The van der Waals surface area contributed by atoms with E-state index in [1.54, 1.807) is 18.4 Å². The first-order valence-corrected chi connectivity index (χ1v) is 9.18. The van der Waals surface area contributed by atoms with Gasteiger partial charge in [0.2, 0.25) is 5.91 Å². The van der Waals surface area contributed by atoms with E-state index in [-0.39, 0.29) is 5.91 Å². The number of hydrazone groups is 1. The Morgan fingerprint density at radius 1 is 1.04 bits per heavy atom. The van der Waals surface area contributed by atoms with Crippen LogP contribution in [-0.4, -0.2) is 12.1 Å². The van der Waals surface area contributed by atoms with Crippen LogP contribution in [0.25, 0.3) is 0 Å². The molecule has 0 aliphatic rings. The van der Waals surface area contributed by atoms with E-state index in [1.165, 1.54) is 64.0 Å². The maximum absolute atomic E-state index is 11.6. The molecule has 0 aromatic carbocycles. The van der Waals surface area contributed by atoms with Crippen LogP contribution in [-0.2, 0) is 4.79 Å². The highest BCUT2D eigenvalue weighted by Gasteiger charge is 1.99. The summed E-state index contributed by atoms with van der Waals surface area (Å²) in [6, 6.07) is 3.58. The Kier molecular flexibility index (Phi) is 11.9. The molecule has 1 heterocycles. The molecular weight excluding hydrogens is 288 g/mol. The van der Waals surface area contributed by atoms with Gasteiger partial charge in [-0.1, -0.05) is 71.1 Å². The van der Waals surface area contributed by atoms with Crippen LogP contribution < -0.4 is 5.43 Å². The van der Waals surface area contributed by atoms with Gasteiger partial charge in [-0.2, -0.15) is 5.10 Å². The highest BCUT2D eigenvalue weighted by atomic mass is 16.3. The number of hydrogen-bond donors (Lipinski definition) is 1. The lowest BCUT2D eigenvalue weighted by molar-refractivity contribution is -0.121. The normalized spacial score (nSPS) is 11.2. The van der Waals surface area contributed by atoms with Gasteiger partial charge in [0.1, 0.15) is 5.76 Å². The molecule has 0 saturated heterocycles. The molecule has 0 radical (unpaired) electrons. The van der Waals surface area contributed by atoms with Crippen LogP contribution in [0.15, 0.2) is 27.9 Å². The molecule has 4 heteroatoms. The fourth-order valence-corrected chi connectivity index (χ4v) is 2.54. The van der Waals surface area contributed by atoms with Gasteiger partial charge in [0.15, 0.2) is 0 Å². The van der Waals surface area contributed by atoms with Gasteiger partial charge in [-0.25, -0.2) is 5.43 Å². The third-order valence-corrected chi connectivity index (χ3v) is 3.93. The lowest BCUT2D eigenvalue weighted by Crippen LogP contribution is -2.16. The van der Waals surface area contributed by atoms with Gasteiger partial charge in [-0.3, -0.25) is 4.79 Å². The molecule has 1 aromatic rings. The van der Waals surface area contributed by atoms with E-state index in [2.05, 4.69) is 17.5 Å². The molecule has 0 aliphatic carbocycles. The molecule has 1 N–H and O–H groups in total. The third kappa shape index (κ3) is 11.6. The summed E-state index contributed by atoms with van der Waals surface area (Å²) in [7, 11) is 0. The number of carbonyl (C=O) groups excluding carboxylic acids is 1. The summed E-state index contributed by atoms with van der Waals surface area (Å²) in [5, 5.41) is 3.87. The van der Waals surface area contributed by atoms with Crippen molar-refractivity contribution in [3.05, 3.63) is 24.2 Å². The van der Waals surface area contributed by atoms with Crippen molar-refractivity contribution in [1.82, 2.24) is 5.43 Å². The number of nitrogens with zero attached hydrogens (tertiary/aromatic N) is 1. The van der Waals surface area contributed by atoms with Crippen molar-refractivity contribution in [2.45, 2.75) is 84.0 Å². The van der Waals surface area contributed by atoms with Crippen molar-refractivity contribution >= 4 is 12.1 Å². The van der Waals surface area contributed by atoms with E-state index in [4.69, 9.17) is 4.42 Å². The minimum absolute atomic E-state index is 0.0243. The highest BCUT2D eigenvalue weighted by molar-refractivity contribution is 5.80. The summed E-state index contributed by atoms with van der Waals surface area (Å²) in [6.07, 6.45) is 17.8. The average molecular weight is 320 g/mol. The van der Waals surface area contributed by atoms with Gasteiger partial charge in [0.05, 0.1) is 12.5 Å². The number of carbonyl (C=O) groups is 1. The van der Waals surface area contributed by atoms with Crippen LogP contribution in [0.3, 0.4) is 0 Å². The SMILES string of the molecule is CCCCCCCCCCCCCC(=O)N/N=C\c1ccco1. The van der Waals surface area contributed by atoms with Gasteiger partial charge in [-0.05, 0) is 18.6 Å². The Hall–Kier alpha value is -1.58. The van der Waals surface area contributed by atoms with Crippen LogP contribution in [0.5, 0.6) is 0 Å². The van der Waals surface area contributed by atoms with E-state index in [9.17, 15) is 4.79 Å². The summed E-state index contributed by atoms with van der Waals surface area (Å²) in [5.74, 6) is 0.615. The monoisotopic (exact) mass is 320 g/mol. The molecule has 0 unspecified atom stereocenters. The van der Waals surface area contributed by atoms with Crippen molar-refractivity contribution < 1.29 is 9.21 Å². The number of rotatable bonds is 14. The number of amides is 1. The Morgan fingerprint density at radius 3 is 2.22 bits per heavy atom. The lowest BCUT2D eigenvalue weighted by atomic mass is 10.1. The predicted molar refractivity (Wildman–Crippen MR) is 95.5 cm³/mol. The minimum atomic E-state index is -0.0243. The standard InChI is InChI=1S/C19H32N2O2/c1-2-3-4-5-6-7-8-9-10-11-12-15-19(22)21-20-17-18-14-13-16-23-18/h13-14,16-17H,2-12,15H2,1H3,(H,21,22)/b20-17-. The van der Waals surface area contributed by atoms with Crippen LogP contribution in [0.2, 0.25) is 0 Å². The van der Waals surface area contributed by atoms with Crippen LogP contribution >= 0.6 is 0 Å². The summed E-state index contributed by atoms with van der Waals surface area (Å²) in [4.78, 5) is 11.6. The Balaban J connectivity index is 1.84. The summed E-state index contributed by atoms with van der Waals surface area (Å²) < 4.78 is 5.09. The lowest BCUT2D eigenvalue weighted by Gasteiger charge is -2.02. The summed E-state index contributed by atoms with van der Waals surface area (Å²) in [5.41, 5.74) is 2.53. The fraction of sp³-hybridized carbons (Fsp3) is 0.684. The van der Waals surface area contributed by atoms with Crippen molar-refractivity contribution in [1.29, 1.82) is 0 Å². The third-order valence-electron chi connectivity index (χ3n) is 3.93. The van der Waals surface area contributed by atoms with Crippen molar-refractivity contribution in [3.8, 4) is 0 Å². The number of nitrogens with one attached hydrogen (secondary N) is 1. The van der Waals surface area contributed by atoms with E-state index >= 15 is 0 Å². The second kappa shape index (κ2) is 14.0. The topological polar surface area (TPSA) is 54.6 Å². The fourth-order valence-electron chi connectivity index (χ4n) is 2.54. The molecule has 4 nitrogen and oxygen atoms in total. The molecule has 1 amide bonds. The van der Waals surface area contributed by atoms with Gasteiger partial charge >= 0.3 is 0 Å². The molecule has 0 fully saturated rings. The largest absolute Gasteiger partial charge is 0.463 e. The van der Waals surface area contributed by atoms with Crippen molar-refractivity contribution in [2.75, 3.05) is 0 Å². The zero-order valence-electron chi connectivity index (χ0n) is 14.6. The van der Waals surface area contributed by atoms with Gasteiger partial charge in [-0.15, -0.1) is 0 Å². The highest BCUT2D eigenvalue weighted by Crippen LogP contribution is 2.11. The van der Waals surface area contributed by atoms with Crippen LogP contribution in [0.4, 0.5) is 0 Å². The number of unbranched alkanes of at least 4 members (excludes halogenated alkanes) is 10. The average Bonchev–Trinajstić information content (AvgIpc) is 3.06. The maximum Gasteiger partial charge on any atom is 0.240 e. The zero-order valence-corrected chi connectivity index (χ0v) is 14.6. The molecule has 23 heavy (non-hydrogen) atoms. The van der Waals surface area contributed by atoms with Crippen LogP contribution in [0.1, 0.15) is 89.7 Å². The molecule has 130 valence electrons. The van der Waals surface area contributed by atoms with Crippen molar-refractivity contribution in [2.24, 2.45) is 5.10 Å². The molecule has 0 spiro atoms. The second-order valence-corrected chi connectivity index (χ2v) is 6.09. The summed E-state index contributed by atoms with van der Waals surface area (Å²) in [6.45, 7) is 2.26. The number of furan rings is 1. The van der Waals surface area contributed by atoms with Gasteiger partial charge in [0.25, 0.3) is 0 Å². The Bertz CT molecular complexity index is 413. The first-order valence-electron chi connectivity index (χ1n) is 9.18. The van der Waals surface area contributed by atoms with Gasteiger partial charge in [0, 0.05) is 6.42 Å². The first-order chi connectivity index (χ1) is 11.3.